The highest BCUT2D eigenvalue weighted by Gasteiger charge is 2.39. The van der Waals surface area contributed by atoms with Crippen LogP contribution in [-0.2, 0) is 14.3 Å². The van der Waals surface area contributed by atoms with E-state index in [0.717, 1.165) is 5.56 Å². The highest BCUT2D eigenvalue weighted by Crippen LogP contribution is 2.21. The van der Waals surface area contributed by atoms with Gasteiger partial charge in [0.05, 0.1) is 18.2 Å². The number of amides is 2. The summed E-state index contributed by atoms with van der Waals surface area (Å²) in [5, 5.41) is 21.7. The second-order valence-electron chi connectivity index (χ2n) is 6.24. The van der Waals surface area contributed by atoms with E-state index < -0.39 is 24.0 Å². The lowest BCUT2D eigenvalue weighted by Crippen LogP contribution is -2.55. The lowest BCUT2D eigenvalue weighted by Gasteiger charge is -2.34. The average molecular weight is 365 g/mol. The molecule has 2 aromatic carbocycles. The molecule has 7 heteroatoms. The summed E-state index contributed by atoms with van der Waals surface area (Å²) in [6.45, 7) is 2.51. The quantitative estimate of drug-likeness (QED) is 0.857. The Bertz CT molecular complexity index is 872. The van der Waals surface area contributed by atoms with Crippen molar-refractivity contribution < 1.29 is 19.4 Å². The Morgan fingerprint density at radius 2 is 1.93 bits per heavy atom. The highest BCUT2D eigenvalue weighted by molar-refractivity contribution is 6.03. The second kappa shape index (κ2) is 7.99. The summed E-state index contributed by atoms with van der Waals surface area (Å²) < 4.78 is 5.38. The first-order valence-corrected chi connectivity index (χ1v) is 8.48. The molecule has 0 bridgehead atoms. The molecule has 2 atom stereocenters. The number of anilines is 2. The molecule has 1 aliphatic heterocycles. The first-order chi connectivity index (χ1) is 13.0. The first-order valence-electron chi connectivity index (χ1n) is 8.48. The minimum atomic E-state index is -1.65. The van der Waals surface area contributed by atoms with Crippen LogP contribution in [0.3, 0.4) is 0 Å². The molecule has 1 saturated heterocycles. The summed E-state index contributed by atoms with van der Waals surface area (Å²) in [6.07, 6.45) is -2.93. The van der Waals surface area contributed by atoms with Gasteiger partial charge in [-0.1, -0.05) is 17.7 Å². The van der Waals surface area contributed by atoms with Gasteiger partial charge in [0, 0.05) is 17.9 Å². The van der Waals surface area contributed by atoms with E-state index in [2.05, 4.69) is 5.32 Å². The molecule has 2 aromatic rings. The maximum absolute atomic E-state index is 12.7. The van der Waals surface area contributed by atoms with Crippen LogP contribution in [0.4, 0.5) is 11.4 Å². The van der Waals surface area contributed by atoms with E-state index in [-0.39, 0.29) is 6.61 Å². The molecule has 27 heavy (non-hydrogen) atoms. The third-order valence-corrected chi connectivity index (χ3v) is 4.30. The Morgan fingerprint density at radius 1 is 1.26 bits per heavy atom. The van der Waals surface area contributed by atoms with E-state index in [9.17, 15) is 14.7 Å². The fourth-order valence-corrected chi connectivity index (χ4v) is 2.80. The highest BCUT2D eigenvalue weighted by atomic mass is 16.5. The van der Waals surface area contributed by atoms with Crippen LogP contribution >= 0.6 is 0 Å². The molecule has 0 saturated carbocycles. The number of carbonyl (C=O) groups is 2. The fraction of sp³-hybridized carbons (Fsp3) is 0.250. The van der Waals surface area contributed by atoms with Gasteiger partial charge in [-0.05, 0) is 43.3 Å². The van der Waals surface area contributed by atoms with Crippen molar-refractivity contribution in [1.29, 1.82) is 5.26 Å². The summed E-state index contributed by atoms with van der Waals surface area (Å²) in [7, 11) is 0. The normalized spacial score (nSPS) is 17.9. The number of ether oxygens (including phenoxy) is 1. The number of aliphatic hydroxyl groups excluding tert-OH is 1. The van der Waals surface area contributed by atoms with E-state index in [4.69, 9.17) is 10.00 Å². The summed E-state index contributed by atoms with van der Waals surface area (Å²) >= 11 is 0. The summed E-state index contributed by atoms with van der Waals surface area (Å²) in [4.78, 5) is 26.5. The second-order valence-corrected chi connectivity index (χ2v) is 6.24. The van der Waals surface area contributed by atoms with Crippen molar-refractivity contribution in [1.82, 2.24) is 0 Å². The minimum absolute atomic E-state index is 0.214. The smallest absolute Gasteiger partial charge is 0.259 e. The van der Waals surface area contributed by atoms with Gasteiger partial charge in [-0.25, -0.2) is 0 Å². The molecule has 7 nitrogen and oxygen atoms in total. The largest absolute Gasteiger partial charge is 0.380 e. The lowest BCUT2D eigenvalue weighted by atomic mass is 10.1. The Balaban J connectivity index is 1.70. The Morgan fingerprint density at radius 3 is 2.56 bits per heavy atom. The van der Waals surface area contributed by atoms with Crippen molar-refractivity contribution in [3.63, 3.8) is 0 Å². The number of hydrogen-bond donors (Lipinski definition) is 2. The molecule has 2 unspecified atom stereocenters. The molecule has 3 rings (SSSR count). The van der Waals surface area contributed by atoms with Crippen molar-refractivity contribution in [2.45, 2.75) is 19.1 Å². The fourth-order valence-electron chi connectivity index (χ4n) is 2.80. The summed E-state index contributed by atoms with van der Waals surface area (Å²) in [5.41, 5.74) is 2.63. The van der Waals surface area contributed by atoms with E-state index in [1.807, 2.05) is 37.3 Å². The van der Waals surface area contributed by atoms with Gasteiger partial charge < -0.3 is 20.1 Å². The van der Waals surface area contributed by atoms with E-state index >= 15 is 0 Å². The van der Waals surface area contributed by atoms with Crippen LogP contribution in [0, 0.1) is 18.3 Å². The van der Waals surface area contributed by atoms with Crippen molar-refractivity contribution in [2.75, 3.05) is 23.4 Å². The number of hydrogen-bond acceptors (Lipinski definition) is 5. The van der Waals surface area contributed by atoms with Gasteiger partial charge in [0.25, 0.3) is 11.8 Å². The average Bonchev–Trinajstić information content (AvgIpc) is 2.69. The molecule has 138 valence electrons. The van der Waals surface area contributed by atoms with Gasteiger partial charge in [0.2, 0.25) is 0 Å². The van der Waals surface area contributed by atoms with Gasteiger partial charge in [-0.15, -0.1) is 0 Å². The SMILES string of the molecule is Cc1ccc(N2CCOC(C(O)C(=O)Nc3ccc(C#N)cc3)C2=O)cc1. The van der Waals surface area contributed by atoms with Gasteiger partial charge in [0.1, 0.15) is 0 Å². The van der Waals surface area contributed by atoms with Crippen molar-refractivity contribution in [3.05, 3.63) is 59.7 Å². The van der Waals surface area contributed by atoms with E-state index in [1.165, 1.54) is 4.90 Å². The third kappa shape index (κ3) is 4.14. The molecule has 2 N–H and O–H groups in total. The molecule has 1 aliphatic rings. The predicted molar refractivity (Wildman–Crippen MR) is 99.1 cm³/mol. The predicted octanol–water partition coefficient (Wildman–Crippen LogP) is 1.60. The zero-order valence-corrected chi connectivity index (χ0v) is 14.8. The van der Waals surface area contributed by atoms with Crippen molar-refractivity contribution in [3.8, 4) is 6.07 Å². The number of nitrogens with one attached hydrogen (secondary N) is 1. The van der Waals surface area contributed by atoms with Gasteiger partial charge in [-0.3, -0.25) is 9.59 Å². The summed E-state index contributed by atoms with van der Waals surface area (Å²) in [5.74, 6) is -1.21. The lowest BCUT2D eigenvalue weighted by molar-refractivity contribution is -0.150. The molecule has 1 heterocycles. The minimum Gasteiger partial charge on any atom is -0.380 e. The zero-order valence-electron chi connectivity index (χ0n) is 14.8. The van der Waals surface area contributed by atoms with Crippen LogP contribution < -0.4 is 10.2 Å². The number of nitriles is 1. The van der Waals surface area contributed by atoms with Gasteiger partial charge in [-0.2, -0.15) is 5.26 Å². The monoisotopic (exact) mass is 365 g/mol. The topological polar surface area (TPSA) is 103 Å². The summed E-state index contributed by atoms with van der Waals surface area (Å²) in [6, 6.07) is 15.6. The zero-order chi connectivity index (χ0) is 19.4. The Labute approximate surface area is 156 Å². The molecular weight excluding hydrogens is 346 g/mol. The van der Waals surface area contributed by atoms with Crippen molar-refractivity contribution >= 4 is 23.2 Å². The maximum Gasteiger partial charge on any atom is 0.259 e. The number of aryl methyl sites for hydroxylation is 1. The number of rotatable bonds is 4. The van der Waals surface area contributed by atoms with Crippen LogP contribution in [-0.4, -0.2) is 42.3 Å². The van der Waals surface area contributed by atoms with Crippen LogP contribution in [0.5, 0.6) is 0 Å². The molecule has 0 aromatic heterocycles. The number of benzene rings is 2. The molecule has 0 aliphatic carbocycles. The van der Waals surface area contributed by atoms with Gasteiger partial charge in [0.15, 0.2) is 12.2 Å². The number of carbonyl (C=O) groups excluding carboxylic acids is 2. The third-order valence-electron chi connectivity index (χ3n) is 4.30. The molecule has 1 fully saturated rings. The first kappa shape index (κ1) is 18.6. The van der Waals surface area contributed by atoms with Crippen molar-refractivity contribution in [2.24, 2.45) is 0 Å². The Hall–Kier alpha value is -3.21. The van der Waals surface area contributed by atoms with Crippen LogP contribution in [0.2, 0.25) is 0 Å². The molecule has 0 radical (unpaired) electrons. The van der Waals surface area contributed by atoms with Crippen LogP contribution in [0.15, 0.2) is 48.5 Å². The van der Waals surface area contributed by atoms with Crippen LogP contribution in [0.25, 0.3) is 0 Å². The van der Waals surface area contributed by atoms with Gasteiger partial charge >= 0.3 is 0 Å². The number of morpholine rings is 1. The van der Waals surface area contributed by atoms with E-state index in [1.54, 1.807) is 24.3 Å². The van der Waals surface area contributed by atoms with Crippen LogP contribution in [0.1, 0.15) is 11.1 Å². The molecule has 2 amide bonds. The number of aliphatic hydroxyl groups is 1. The molecule has 0 spiro atoms. The Kier molecular flexibility index (Phi) is 5.50. The van der Waals surface area contributed by atoms with E-state index in [0.29, 0.717) is 23.5 Å². The standard InChI is InChI=1S/C20H19N3O4/c1-13-2-8-16(9-3-13)23-10-11-27-18(20(23)26)17(24)19(25)22-15-6-4-14(12-21)5-7-15/h2-9,17-18,24H,10-11H2,1H3,(H,22,25). The molecular formula is C20H19N3O4. The maximum atomic E-state index is 12.7. The number of nitrogens with zero attached hydrogens (tertiary/aromatic N) is 2.